The molecular weight excluding hydrogens is 270 g/mol. The number of hydrogen-bond donors (Lipinski definition) is 1. The van der Waals surface area contributed by atoms with Crippen molar-refractivity contribution in [2.75, 3.05) is 20.2 Å². The Labute approximate surface area is 124 Å². The van der Waals surface area contributed by atoms with Crippen LogP contribution < -0.4 is 0 Å². The zero-order valence-corrected chi connectivity index (χ0v) is 12.2. The Bertz CT molecular complexity index is 515. The first kappa shape index (κ1) is 15.4. The molecular formula is C16H21NO4. The highest BCUT2D eigenvalue weighted by Crippen LogP contribution is 2.21. The van der Waals surface area contributed by atoms with Crippen LogP contribution in [0.25, 0.3) is 0 Å². The van der Waals surface area contributed by atoms with Crippen molar-refractivity contribution in [2.45, 2.75) is 25.7 Å². The van der Waals surface area contributed by atoms with Crippen molar-refractivity contribution in [2.24, 2.45) is 5.92 Å². The molecule has 1 aliphatic rings. The van der Waals surface area contributed by atoms with Gasteiger partial charge in [0.15, 0.2) is 0 Å². The zero-order valence-electron chi connectivity index (χ0n) is 12.2. The Morgan fingerprint density at radius 2 is 2.14 bits per heavy atom. The van der Waals surface area contributed by atoms with Crippen LogP contribution in [0.15, 0.2) is 24.3 Å². The lowest BCUT2D eigenvalue weighted by atomic mass is 9.97. The molecule has 0 radical (unpaired) electrons. The maximum absolute atomic E-state index is 12.2. The highest BCUT2D eigenvalue weighted by molar-refractivity contribution is 5.78. The van der Waals surface area contributed by atoms with Crippen LogP contribution in [0.3, 0.4) is 0 Å². The first-order valence-electron chi connectivity index (χ1n) is 7.24. The highest BCUT2D eigenvalue weighted by atomic mass is 16.5. The number of carbonyl (C=O) groups is 2. The molecule has 0 aromatic heterocycles. The van der Waals surface area contributed by atoms with Gasteiger partial charge in [-0.05, 0) is 30.9 Å². The zero-order chi connectivity index (χ0) is 15.2. The Balaban J connectivity index is 1.88. The second-order valence-electron chi connectivity index (χ2n) is 5.33. The minimum atomic E-state index is -0.242. The third kappa shape index (κ3) is 3.97. The van der Waals surface area contributed by atoms with E-state index in [0.29, 0.717) is 25.9 Å². The molecule has 5 heteroatoms. The molecule has 1 aliphatic heterocycles. The van der Waals surface area contributed by atoms with Crippen LogP contribution in [0.2, 0.25) is 0 Å². The number of ether oxygens (including phenoxy) is 1. The van der Waals surface area contributed by atoms with Crippen molar-refractivity contribution in [1.82, 2.24) is 4.90 Å². The van der Waals surface area contributed by atoms with Gasteiger partial charge in [-0.25, -0.2) is 0 Å². The average Bonchev–Trinajstić information content (AvgIpc) is 2.53. The van der Waals surface area contributed by atoms with Crippen LogP contribution in [0, 0.1) is 5.92 Å². The van der Waals surface area contributed by atoms with Gasteiger partial charge in [0, 0.05) is 19.5 Å². The van der Waals surface area contributed by atoms with Gasteiger partial charge in [0.1, 0.15) is 5.75 Å². The van der Waals surface area contributed by atoms with Crippen LogP contribution >= 0.6 is 0 Å². The maximum atomic E-state index is 12.2. The van der Waals surface area contributed by atoms with Gasteiger partial charge < -0.3 is 14.7 Å². The largest absolute Gasteiger partial charge is 0.508 e. The van der Waals surface area contributed by atoms with Gasteiger partial charge in [0.05, 0.1) is 13.0 Å². The summed E-state index contributed by atoms with van der Waals surface area (Å²) in [4.78, 5) is 25.5. The topological polar surface area (TPSA) is 66.8 Å². The van der Waals surface area contributed by atoms with Crippen molar-refractivity contribution < 1.29 is 19.4 Å². The van der Waals surface area contributed by atoms with Crippen LogP contribution in [0.1, 0.15) is 24.8 Å². The number of aromatic hydroxyl groups is 1. The molecule has 0 spiro atoms. The van der Waals surface area contributed by atoms with Crippen molar-refractivity contribution in [3.05, 3.63) is 29.8 Å². The third-order valence-corrected chi connectivity index (χ3v) is 3.91. The molecule has 1 amide bonds. The van der Waals surface area contributed by atoms with E-state index in [2.05, 4.69) is 0 Å². The predicted molar refractivity (Wildman–Crippen MR) is 77.7 cm³/mol. The smallest absolute Gasteiger partial charge is 0.310 e. The van der Waals surface area contributed by atoms with Crippen LogP contribution in [0.5, 0.6) is 5.75 Å². The molecule has 5 nitrogen and oxygen atoms in total. The number of likely N-dealkylation sites (tertiary alicyclic amines) is 1. The highest BCUT2D eigenvalue weighted by Gasteiger charge is 2.28. The van der Waals surface area contributed by atoms with Gasteiger partial charge in [-0.2, -0.15) is 0 Å². The van der Waals surface area contributed by atoms with Gasteiger partial charge in [0.25, 0.3) is 0 Å². The Kier molecular flexibility index (Phi) is 5.20. The number of benzene rings is 1. The first-order valence-corrected chi connectivity index (χ1v) is 7.24. The number of aryl methyl sites for hydroxylation is 1. The molecule has 1 atom stereocenters. The number of phenols is 1. The summed E-state index contributed by atoms with van der Waals surface area (Å²) in [6, 6.07) is 7.03. The second kappa shape index (κ2) is 7.11. The lowest BCUT2D eigenvalue weighted by Gasteiger charge is -2.31. The number of hydrogen-bond acceptors (Lipinski definition) is 4. The fraction of sp³-hybridized carbons (Fsp3) is 0.500. The van der Waals surface area contributed by atoms with Gasteiger partial charge >= 0.3 is 5.97 Å². The van der Waals surface area contributed by atoms with Crippen molar-refractivity contribution in [3.63, 3.8) is 0 Å². The van der Waals surface area contributed by atoms with Crippen LogP contribution in [0.4, 0.5) is 0 Å². The minimum absolute atomic E-state index is 0.0202. The molecule has 1 heterocycles. The first-order chi connectivity index (χ1) is 10.1. The Morgan fingerprint density at radius 3 is 2.86 bits per heavy atom. The standard InChI is InChI=1S/C16H21NO4/c1-21-16(20)13-6-4-10-17(11-13)15(19)9-8-12-5-2-3-7-14(12)18/h2-3,5,7,13,18H,4,6,8-11H2,1H3/t13-/m0/s1. The molecule has 114 valence electrons. The quantitative estimate of drug-likeness (QED) is 0.858. The number of amides is 1. The summed E-state index contributed by atoms with van der Waals surface area (Å²) in [7, 11) is 1.38. The lowest BCUT2D eigenvalue weighted by Crippen LogP contribution is -2.42. The van der Waals surface area contributed by atoms with Crippen LogP contribution in [-0.2, 0) is 20.7 Å². The molecule has 1 aromatic rings. The number of piperidine rings is 1. The van der Waals surface area contributed by atoms with E-state index in [9.17, 15) is 14.7 Å². The van der Waals surface area contributed by atoms with E-state index in [0.717, 1.165) is 18.4 Å². The second-order valence-corrected chi connectivity index (χ2v) is 5.33. The number of methoxy groups -OCH3 is 1. The normalized spacial score (nSPS) is 18.3. The van der Waals surface area contributed by atoms with E-state index >= 15 is 0 Å². The van der Waals surface area contributed by atoms with E-state index in [1.807, 2.05) is 12.1 Å². The number of carbonyl (C=O) groups excluding carboxylic acids is 2. The Hall–Kier alpha value is -2.04. The molecule has 1 N–H and O–H groups in total. The lowest BCUT2D eigenvalue weighted by molar-refractivity contribution is -0.149. The van der Waals surface area contributed by atoms with Gasteiger partial charge in [-0.1, -0.05) is 18.2 Å². The van der Waals surface area contributed by atoms with E-state index < -0.39 is 0 Å². The van der Waals surface area contributed by atoms with Gasteiger partial charge in [-0.15, -0.1) is 0 Å². The van der Waals surface area contributed by atoms with Crippen LogP contribution in [-0.4, -0.2) is 42.1 Å². The SMILES string of the molecule is COC(=O)[C@H]1CCCN(C(=O)CCc2ccccc2O)C1. The Morgan fingerprint density at radius 1 is 1.38 bits per heavy atom. The average molecular weight is 291 g/mol. The summed E-state index contributed by atoms with van der Waals surface area (Å²) in [5, 5.41) is 9.69. The molecule has 1 fully saturated rings. The molecule has 0 aliphatic carbocycles. The molecule has 0 bridgehead atoms. The monoisotopic (exact) mass is 291 g/mol. The summed E-state index contributed by atoms with van der Waals surface area (Å²) in [5.74, 6) is -0.214. The molecule has 1 saturated heterocycles. The van der Waals surface area contributed by atoms with Crippen molar-refractivity contribution >= 4 is 11.9 Å². The number of phenolic OH excluding ortho intramolecular Hbond substituents is 1. The number of nitrogens with zero attached hydrogens (tertiary/aromatic N) is 1. The summed E-state index contributed by atoms with van der Waals surface area (Å²) in [6.45, 7) is 1.12. The fourth-order valence-electron chi connectivity index (χ4n) is 2.68. The molecule has 0 unspecified atom stereocenters. The fourth-order valence-corrected chi connectivity index (χ4v) is 2.68. The number of para-hydroxylation sites is 1. The van der Waals surface area contributed by atoms with Gasteiger partial charge in [-0.3, -0.25) is 9.59 Å². The number of esters is 1. The molecule has 0 saturated carbocycles. The van der Waals surface area contributed by atoms with Crippen molar-refractivity contribution in [3.8, 4) is 5.75 Å². The summed E-state index contributed by atoms with van der Waals surface area (Å²) in [6.07, 6.45) is 2.44. The maximum Gasteiger partial charge on any atom is 0.310 e. The van der Waals surface area contributed by atoms with E-state index in [4.69, 9.17) is 4.74 Å². The van der Waals surface area contributed by atoms with E-state index in [1.54, 1.807) is 17.0 Å². The van der Waals surface area contributed by atoms with Crippen molar-refractivity contribution in [1.29, 1.82) is 0 Å². The molecule has 2 rings (SSSR count). The minimum Gasteiger partial charge on any atom is -0.508 e. The van der Waals surface area contributed by atoms with E-state index in [1.165, 1.54) is 7.11 Å². The number of rotatable bonds is 4. The predicted octanol–water partition coefficient (Wildman–Crippen LogP) is 1.74. The molecule has 21 heavy (non-hydrogen) atoms. The molecule has 1 aromatic carbocycles. The summed E-state index contributed by atoms with van der Waals surface area (Å²) < 4.78 is 4.75. The summed E-state index contributed by atoms with van der Waals surface area (Å²) in [5.41, 5.74) is 0.771. The van der Waals surface area contributed by atoms with Gasteiger partial charge in [0.2, 0.25) is 5.91 Å². The summed E-state index contributed by atoms with van der Waals surface area (Å²) >= 11 is 0. The third-order valence-electron chi connectivity index (χ3n) is 3.91. The van der Waals surface area contributed by atoms with E-state index in [-0.39, 0.29) is 23.5 Å².